The molecule has 1 aliphatic heterocycles. The molecule has 0 aliphatic carbocycles. The van der Waals surface area contributed by atoms with Crippen LogP contribution in [0, 0.1) is 5.92 Å². The van der Waals surface area contributed by atoms with E-state index < -0.39 is 0 Å². The minimum atomic E-state index is 0.239. The van der Waals surface area contributed by atoms with Gasteiger partial charge >= 0.3 is 0 Å². The molecule has 1 aromatic heterocycles. The molecule has 1 saturated heterocycles. The fraction of sp³-hybridized carbons (Fsp3) is 0.346. The van der Waals surface area contributed by atoms with E-state index in [4.69, 9.17) is 10.5 Å². The van der Waals surface area contributed by atoms with E-state index in [0.29, 0.717) is 18.3 Å². The van der Waals surface area contributed by atoms with Crippen molar-refractivity contribution in [3.05, 3.63) is 60.9 Å². The Morgan fingerprint density at radius 3 is 2.45 bits per heavy atom. The molecule has 2 aromatic carbocycles. The van der Waals surface area contributed by atoms with Gasteiger partial charge in [0.15, 0.2) is 0 Å². The summed E-state index contributed by atoms with van der Waals surface area (Å²) in [6.45, 7) is 5.03. The number of anilines is 2. The maximum Gasteiger partial charge on any atom is 0.143 e. The summed E-state index contributed by atoms with van der Waals surface area (Å²) in [6, 6.07) is 17.5. The molecule has 0 atom stereocenters. The van der Waals surface area contributed by atoms with Gasteiger partial charge in [-0.3, -0.25) is 9.69 Å². The number of ether oxygens (including phenoxy) is 1. The largest absolute Gasteiger partial charge is 0.457 e. The number of benzene rings is 2. The molecule has 3 aromatic rings. The Labute approximate surface area is 195 Å². The predicted octanol–water partition coefficient (Wildman–Crippen LogP) is 4.62. The Hall–Kier alpha value is -3.45. The van der Waals surface area contributed by atoms with Gasteiger partial charge in [-0.05, 0) is 75.0 Å². The van der Waals surface area contributed by atoms with Crippen molar-refractivity contribution in [2.24, 2.45) is 5.92 Å². The number of nitrogens with two attached hydrogens (primary N) is 1. The third kappa shape index (κ3) is 6.29. The molecule has 7 nitrogen and oxygen atoms in total. The smallest absolute Gasteiger partial charge is 0.143 e. The second kappa shape index (κ2) is 10.9. The van der Waals surface area contributed by atoms with Gasteiger partial charge in [-0.1, -0.05) is 30.3 Å². The number of nitrogen functional groups attached to an aromatic ring is 1. The molecule has 4 rings (SSSR count). The number of hydrogen-bond acceptors (Lipinski definition) is 7. The number of para-hydroxylation sites is 1. The van der Waals surface area contributed by atoms with Crippen LogP contribution in [0.15, 0.2) is 60.9 Å². The number of aromatic nitrogens is 2. The quantitative estimate of drug-likeness (QED) is 0.496. The summed E-state index contributed by atoms with van der Waals surface area (Å²) in [4.78, 5) is 22.2. The molecule has 0 saturated carbocycles. The number of nitrogens with zero attached hydrogens (tertiary/aromatic N) is 3. The van der Waals surface area contributed by atoms with Crippen molar-refractivity contribution >= 4 is 17.4 Å². The summed E-state index contributed by atoms with van der Waals surface area (Å²) in [6.07, 6.45) is 4.79. The Kier molecular flexibility index (Phi) is 7.52. The van der Waals surface area contributed by atoms with Crippen molar-refractivity contribution in [3.8, 4) is 22.6 Å². The number of Topliss-reactive ketones (excluding diaryl/α,β-unsaturated/α-hetero) is 1. The summed E-state index contributed by atoms with van der Waals surface area (Å²) < 4.78 is 5.89. The molecule has 1 aliphatic rings. The third-order valence-corrected chi connectivity index (χ3v) is 6.00. The number of piperidine rings is 1. The number of nitrogens with one attached hydrogen (secondary N) is 1. The number of carbonyl (C=O) groups excluding carboxylic acids is 1. The van der Waals surface area contributed by atoms with Gasteiger partial charge in [-0.25, -0.2) is 9.97 Å². The van der Waals surface area contributed by atoms with E-state index in [9.17, 15) is 4.79 Å². The van der Waals surface area contributed by atoms with Crippen LogP contribution in [0.1, 0.15) is 26.2 Å². The lowest BCUT2D eigenvalue weighted by molar-refractivity contribution is -0.118. The highest BCUT2D eigenvalue weighted by Gasteiger charge is 2.20. The van der Waals surface area contributed by atoms with Crippen molar-refractivity contribution in [3.63, 3.8) is 0 Å². The number of hydrogen-bond donors (Lipinski definition) is 2. The van der Waals surface area contributed by atoms with E-state index in [1.54, 1.807) is 6.92 Å². The lowest BCUT2D eigenvalue weighted by Crippen LogP contribution is -2.37. The zero-order chi connectivity index (χ0) is 23.0. The average molecular weight is 446 g/mol. The molecule has 0 radical (unpaired) electrons. The van der Waals surface area contributed by atoms with Gasteiger partial charge < -0.3 is 15.8 Å². The van der Waals surface area contributed by atoms with Crippen LogP contribution in [0.2, 0.25) is 0 Å². The molecule has 33 heavy (non-hydrogen) atoms. The van der Waals surface area contributed by atoms with Crippen LogP contribution < -0.4 is 15.8 Å². The number of carbonyl (C=O) groups is 1. The monoisotopic (exact) mass is 445 g/mol. The van der Waals surface area contributed by atoms with Crippen molar-refractivity contribution in [2.75, 3.05) is 37.2 Å². The molecule has 2 heterocycles. The minimum Gasteiger partial charge on any atom is -0.457 e. The molecule has 3 N–H and O–H groups in total. The SMILES string of the molecule is CC(=O)CN1CCC(CCNc2ncnc(N)c2-c2ccc(Oc3ccccc3)cc2)CC1. The van der Waals surface area contributed by atoms with Crippen LogP contribution in [-0.4, -0.2) is 46.8 Å². The van der Waals surface area contributed by atoms with Crippen molar-refractivity contribution in [1.29, 1.82) is 0 Å². The summed E-state index contributed by atoms with van der Waals surface area (Å²) in [5.41, 5.74) is 7.97. The lowest BCUT2D eigenvalue weighted by atomic mass is 9.93. The van der Waals surface area contributed by atoms with Crippen LogP contribution in [0.5, 0.6) is 11.5 Å². The molecular formula is C26H31N5O2. The Morgan fingerprint density at radius 2 is 1.76 bits per heavy atom. The highest BCUT2D eigenvalue weighted by Crippen LogP contribution is 2.33. The van der Waals surface area contributed by atoms with Gasteiger partial charge in [0, 0.05) is 6.54 Å². The van der Waals surface area contributed by atoms with E-state index in [1.807, 2.05) is 54.6 Å². The normalized spacial score (nSPS) is 14.7. The summed E-state index contributed by atoms with van der Waals surface area (Å²) in [5.74, 6) is 3.63. The number of rotatable bonds is 9. The van der Waals surface area contributed by atoms with Gasteiger partial charge in [0.25, 0.3) is 0 Å². The fourth-order valence-electron chi connectivity index (χ4n) is 4.27. The van der Waals surface area contributed by atoms with Crippen molar-refractivity contribution in [1.82, 2.24) is 14.9 Å². The lowest BCUT2D eigenvalue weighted by Gasteiger charge is -2.31. The van der Waals surface area contributed by atoms with Gasteiger partial charge in [-0.15, -0.1) is 0 Å². The predicted molar refractivity (Wildman–Crippen MR) is 131 cm³/mol. The van der Waals surface area contributed by atoms with Crippen molar-refractivity contribution < 1.29 is 9.53 Å². The van der Waals surface area contributed by atoms with Crippen LogP contribution in [-0.2, 0) is 4.79 Å². The number of likely N-dealkylation sites (tertiary alicyclic amines) is 1. The van der Waals surface area contributed by atoms with Gasteiger partial charge in [-0.2, -0.15) is 0 Å². The first-order valence-electron chi connectivity index (χ1n) is 11.5. The van der Waals surface area contributed by atoms with Crippen LogP contribution >= 0.6 is 0 Å². The molecule has 0 spiro atoms. The second-order valence-electron chi connectivity index (χ2n) is 8.56. The van der Waals surface area contributed by atoms with Crippen molar-refractivity contribution in [2.45, 2.75) is 26.2 Å². The zero-order valence-electron chi connectivity index (χ0n) is 19.0. The number of ketones is 1. The highest BCUT2D eigenvalue weighted by molar-refractivity contribution is 5.83. The molecular weight excluding hydrogens is 414 g/mol. The first kappa shape index (κ1) is 22.7. The maximum atomic E-state index is 11.3. The molecule has 1 fully saturated rings. The topological polar surface area (TPSA) is 93.4 Å². The minimum absolute atomic E-state index is 0.239. The first-order valence-corrected chi connectivity index (χ1v) is 11.5. The van der Waals surface area contributed by atoms with Crippen LogP contribution in [0.4, 0.5) is 11.6 Å². The average Bonchev–Trinajstić information content (AvgIpc) is 2.81. The standard InChI is InChI=1S/C26H31N5O2/c1-19(32)17-31-15-12-20(13-16-31)11-14-28-26-24(25(27)29-18-30-26)21-7-9-23(10-8-21)33-22-5-3-2-4-6-22/h2-10,18,20H,11-17H2,1H3,(H3,27,28,29,30). The Balaban J connectivity index is 1.36. The summed E-state index contributed by atoms with van der Waals surface area (Å²) in [5, 5.41) is 3.47. The van der Waals surface area contributed by atoms with Crippen LogP contribution in [0.3, 0.4) is 0 Å². The van der Waals surface area contributed by atoms with Gasteiger partial charge in [0.2, 0.25) is 0 Å². The van der Waals surface area contributed by atoms with E-state index in [1.165, 1.54) is 6.33 Å². The molecule has 172 valence electrons. The molecule has 7 heteroatoms. The molecule has 0 amide bonds. The second-order valence-corrected chi connectivity index (χ2v) is 8.56. The zero-order valence-corrected chi connectivity index (χ0v) is 19.0. The summed E-state index contributed by atoms with van der Waals surface area (Å²) >= 11 is 0. The molecule has 0 unspecified atom stereocenters. The highest BCUT2D eigenvalue weighted by atomic mass is 16.5. The molecule has 0 bridgehead atoms. The van der Waals surface area contributed by atoms with E-state index in [-0.39, 0.29) is 5.78 Å². The Bertz CT molecular complexity index is 1050. The van der Waals surface area contributed by atoms with E-state index in [2.05, 4.69) is 20.2 Å². The van der Waals surface area contributed by atoms with Gasteiger partial charge in [0.05, 0.1) is 12.1 Å². The van der Waals surface area contributed by atoms with Gasteiger partial charge in [0.1, 0.15) is 35.2 Å². The third-order valence-electron chi connectivity index (χ3n) is 6.00. The Morgan fingerprint density at radius 1 is 1.06 bits per heavy atom. The van der Waals surface area contributed by atoms with E-state index >= 15 is 0 Å². The summed E-state index contributed by atoms with van der Waals surface area (Å²) in [7, 11) is 0. The maximum absolute atomic E-state index is 11.3. The van der Waals surface area contributed by atoms with E-state index in [0.717, 1.165) is 67.3 Å². The van der Waals surface area contributed by atoms with Crippen LogP contribution in [0.25, 0.3) is 11.1 Å². The fourth-order valence-corrected chi connectivity index (χ4v) is 4.27. The first-order chi connectivity index (χ1) is 16.1.